The van der Waals surface area contributed by atoms with E-state index < -0.39 is 0 Å². The molecule has 110 valence electrons. The molecule has 1 aromatic rings. The van der Waals surface area contributed by atoms with E-state index in [0.29, 0.717) is 6.04 Å². The average Bonchev–Trinajstić information content (AvgIpc) is 2.66. The molecular weight excluding hydrogens is 312 g/mol. The summed E-state index contributed by atoms with van der Waals surface area (Å²) in [6.45, 7) is 0. The van der Waals surface area contributed by atoms with Gasteiger partial charge in [-0.3, -0.25) is 0 Å². The fraction of sp³-hybridized carbons (Fsp3) is 0.647. The predicted molar refractivity (Wildman–Crippen MR) is 88.0 cm³/mol. The van der Waals surface area contributed by atoms with Gasteiger partial charge in [-0.05, 0) is 69.8 Å². The first-order valence-corrected chi connectivity index (χ1v) is 8.60. The molecule has 3 unspecified atom stereocenters. The second kappa shape index (κ2) is 6.17. The van der Waals surface area contributed by atoms with Crippen LogP contribution in [-0.2, 0) is 6.42 Å². The lowest BCUT2D eigenvalue weighted by Gasteiger charge is -2.40. The summed E-state index contributed by atoms with van der Waals surface area (Å²) in [6, 6.07) is 11.0. The van der Waals surface area contributed by atoms with Crippen molar-refractivity contribution in [2.75, 3.05) is 14.1 Å². The van der Waals surface area contributed by atoms with Crippen molar-refractivity contribution in [2.24, 2.45) is 5.92 Å². The molecule has 3 rings (SSSR count). The van der Waals surface area contributed by atoms with Crippen LogP contribution in [-0.4, -0.2) is 37.1 Å². The van der Waals surface area contributed by atoms with Crippen LogP contribution in [0.25, 0.3) is 0 Å². The number of rotatable bonds is 4. The van der Waals surface area contributed by atoms with Gasteiger partial charge in [0.25, 0.3) is 0 Å². The van der Waals surface area contributed by atoms with Gasteiger partial charge in [-0.25, -0.2) is 0 Å². The third-order valence-electron chi connectivity index (χ3n) is 5.42. The number of hydrogen-bond donors (Lipinski definition) is 1. The van der Waals surface area contributed by atoms with Crippen molar-refractivity contribution >= 4 is 15.9 Å². The molecule has 0 amide bonds. The molecule has 3 atom stereocenters. The zero-order valence-electron chi connectivity index (χ0n) is 12.5. The molecule has 2 aliphatic heterocycles. The first kappa shape index (κ1) is 14.6. The molecule has 1 aromatic carbocycles. The highest BCUT2D eigenvalue weighted by atomic mass is 79.9. The first-order valence-electron chi connectivity index (χ1n) is 7.81. The Bertz CT molecular complexity index is 448. The van der Waals surface area contributed by atoms with Gasteiger partial charge in [0.1, 0.15) is 0 Å². The molecule has 0 saturated carbocycles. The number of likely N-dealkylation sites (N-methyl/N-ethyl adjacent to an activating group) is 1. The average molecular weight is 337 g/mol. The highest BCUT2D eigenvalue weighted by Gasteiger charge is 2.40. The maximum atomic E-state index is 3.59. The largest absolute Gasteiger partial charge is 0.316 e. The monoisotopic (exact) mass is 336 g/mol. The van der Waals surface area contributed by atoms with E-state index in [1.54, 1.807) is 0 Å². The SMILES string of the molecule is CNC(Cc1cccc(Br)c1)C1CC2CCC(C1)N2C. The van der Waals surface area contributed by atoms with Crippen LogP contribution in [0.5, 0.6) is 0 Å². The summed E-state index contributed by atoms with van der Waals surface area (Å²) in [4.78, 5) is 2.63. The van der Waals surface area contributed by atoms with E-state index in [1.807, 2.05) is 0 Å². The van der Waals surface area contributed by atoms with Gasteiger partial charge in [-0.15, -0.1) is 0 Å². The third kappa shape index (κ3) is 2.95. The van der Waals surface area contributed by atoms with Crippen LogP contribution in [0.4, 0.5) is 0 Å². The summed E-state index contributed by atoms with van der Waals surface area (Å²) in [7, 11) is 4.45. The molecule has 2 aliphatic rings. The molecule has 2 heterocycles. The Balaban J connectivity index is 1.68. The Morgan fingerprint density at radius 3 is 2.60 bits per heavy atom. The van der Waals surface area contributed by atoms with E-state index in [1.165, 1.54) is 35.7 Å². The van der Waals surface area contributed by atoms with Crippen molar-refractivity contribution in [3.8, 4) is 0 Å². The second-order valence-corrected chi connectivity index (χ2v) is 7.43. The Labute approximate surface area is 131 Å². The number of nitrogens with zero attached hydrogens (tertiary/aromatic N) is 1. The van der Waals surface area contributed by atoms with E-state index in [9.17, 15) is 0 Å². The molecule has 2 saturated heterocycles. The molecule has 3 heteroatoms. The minimum absolute atomic E-state index is 0.612. The van der Waals surface area contributed by atoms with Gasteiger partial charge >= 0.3 is 0 Å². The van der Waals surface area contributed by atoms with Gasteiger partial charge in [-0.2, -0.15) is 0 Å². The normalized spacial score (nSPS) is 31.4. The number of benzene rings is 1. The Morgan fingerprint density at radius 2 is 2.00 bits per heavy atom. The van der Waals surface area contributed by atoms with Crippen LogP contribution >= 0.6 is 15.9 Å². The van der Waals surface area contributed by atoms with E-state index in [-0.39, 0.29) is 0 Å². The lowest BCUT2D eigenvalue weighted by Crippen LogP contribution is -2.47. The number of piperidine rings is 1. The standard InChI is InChI=1S/C17H25BrN2/c1-19-17(9-12-4-3-5-14(18)8-12)13-10-15-6-7-16(11-13)20(15)2/h3-5,8,13,15-17,19H,6-7,9-11H2,1-2H3. The summed E-state index contributed by atoms with van der Waals surface area (Å²) in [6.07, 6.45) is 6.69. The molecule has 0 aliphatic carbocycles. The van der Waals surface area contributed by atoms with Crippen molar-refractivity contribution in [1.82, 2.24) is 10.2 Å². The summed E-state index contributed by atoms with van der Waals surface area (Å²) >= 11 is 3.58. The molecule has 2 fully saturated rings. The number of nitrogens with one attached hydrogen (secondary N) is 1. The van der Waals surface area contributed by atoms with E-state index in [4.69, 9.17) is 0 Å². The molecule has 0 aromatic heterocycles. The van der Waals surface area contributed by atoms with Crippen molar-refractivity contribution < 1.29 is 0 Å². The number of fused-ring (bicyclic) bond motifs is 2. The van der Waals surface area contributed by atoms with Gasteiger partial charge in [-0.1, -0.05) is 28.1 Å². The minimum Gasteiger partial charge on any atom is -0.316 e. The molecule has 2 nitrogen and oxygen atoms in total. The van der Waals surface area contributed by atoms with Crippen LogP contribution in [0.2, 0.25) is 0 Å². The van der Waals surface area contributed by atoms with Gasteiger partial charge in [0.05, 0.1) is 0 Å². The number of hydrogen-bond acceptors (Lipinski definition) is 2. The summed E-state index contributed by atoms with van der Waals surface area (Å²) in [5.41, 5.74) is 1.44. The van der Waals surface area contributed by atoms with Crippen molar-refractivity contribution in [2.45, 2.75) is 50.2 Å². The third-order valence-corrected chi connectivity index (χ3v) is 5.91. The zero-order valence-corrected chi connectivity index (χ0v) is 14.1. The summed E-state index contributed by atoms with van der Waals surface area (Å²) in [5, 5.41) is 3.59. The van der Waals surface area contributed by atoms with Crippen molar-refractivity contribution in [1.29, 1.82) is 0 Å². The van der Waals surface area contributed by atoms with Gasteiger partial charge in [0.2, 0.25) is 0 Å². The predicted octanol–water partition coefficient (Wildman–Crippen LogP) is 3.45. The maximum Gasteiger partial charge on any atom is 0.0178 e. The van der Waals surface area contributed by atoms with Gasteiger partial charge in [0, 0.05) is 22.6 Å². The van der Waals surface area contributed by atoms with Crippen LogP contribution in [0.3, 0.4) is 0 Å². The van der Waals surface area contributed by atoms with Crippen LogP contribution in [0, 0.1) is 5.92 Å². The number of halogens is 1. The highest BCUT2D eigenvalue weighted by Crippen LogP contribution is 2.39. The Morgan fingerprint density at radius 1 is 1.30 bits per heavy atom. The lowest BCUT2D eigenvalue weighted by molar-refractivity contribution is 0.114. The van der Waals surface area contributed by atoms with E-state index >= 15 is 0 Å². The van der Waals surface area contributed by atoms with E-state index in [0.717, 1.165) is 24.4 Å². The molecule has 2 bridgehead atoms. The fourth-order valence-corrected chi connectivity index (χ4v) is 4.65. The summed E-state index contributed by atoms with van der Waals surface area (Å²) < 4.78 is 1.19. The van der Waals surface area contributed by atoms with Gasteiger partial charge < -0.3 is 10.2 Å². The Hall–Kier alpha value is -0.380. The first-order chi connectivity index (χ1) is 9.67. The quantitative estimate of drug-likeness (QED) is 0.905. The van der Waals surface area contributed by atoms with E-state index in [2.05, 4.69) is 64.5 Å². The van der Waals surface area contributed by atoms with Crippen LogP contribution in [0.15, 0.2) is 28.7 Å². The molecule has 20 heavy (non-hydrogen) atoms. The topological polar surface area (TPSA) is 15.3 Å². The molecular formula is C17H25BrN2. The van der Waals surface area contributed by atoms with Crippen LogP contribution in [0.1, 0.15) is 31.2 Å². The zero-order chi connectivity index (χ0) is 14.1. The van der Waals surface area contributed by atoms with Crippen LogP contribution < -0.4 is 5.32 Å². The maximum absolute atomic E-state index is 3.59. The van der Waals surface area contributed by atoms with Crippen molar-refractivity contribution in [3.05, 3.63) is 34.3 Å². The molecule has 1 N–H and O–H groups in total. The molecule has 0 radical (unpaired) electrons. The smallest absolute Gasteiger partial charge is 0.0178 e. The lowest BCUT2D eigenvalue weighted by atomic mass is 9.82. The Kier molecular flexibility index (Phi) is 4.49. The summed E-state index contributed by atoms with van der Waals surface area (Å²) in [5.74, 6) is 0.827. The van der Waals surface area contributed by atoms with Crippen molar-refractivity contribution in [3.63, 3.8) is 0 Å². The fourth-order valence-electron chi connectivity index (χ4n) is 4.20. The highest BCUT2D eigenvalue weighted by molar-refractivity contribution is 9.10. The molecule has 0 spiro atoms. The van der Waals surface area contributed by atoms with Gasteiger partial charge in [0.15, 0.2) is 0 Å². The second-order valence-electron chi connectivity index (χ2n) is 6.51. The minimum atomic E-state index is 0.612.